The van der Waals surface area contributed by atoms with Crippen LogP contribution in [-0.4, -0.2) is 21.7 Å². The Morgan fingerprint density at radius 3 is 2.61 bits per heavy atom. The summed E-state index contributed by atoms with van der Waals surface area (Å²) >= 11 is 5.97. The van der Waals surface area contributed by atoms with Gasteiger partial charge in [0, 0.05) is 24.2 Å². The number of benzene rings is 1. The van der Waals surface area contributed by atoms with Crippen LogP contribution in [0.15, 0.2) is 18.2 Å². The molecule has 0 fully saturated rings. The second-order valence-corrected chi connectivity index (χ2v) is 5.19. The molecule has 1 aromatic rings. The van der Waals surface area contributed by atoms with Crippen molar-refractivity contribution in [3.63, 3.8) is 0 Å². The van der Waals surface area contributed by atoms with E-state index in [4.69, 9.17) is 11.6 Å². The van der Waals surface area contributed by atoms with Crippen molar-refractivity contribution < 1.29 is 10.0 Å². The van der Waals surface area contributed by atoms with Gasteiger partial charge in [-0.05, 0) is 32.4 Å². The SMILES string of the molecule is CC(O)C(C)(C)NCc1ccc([N+](=O)[O-])cc1Cl. The molecule has 0 bridgehead atoms. The number of hydrogen-bond donors (Lipinski definition) is 2. The van der Waals surface area contributed by atoms with E-state index in [1.807, 2.05) is 13.8 Å². The van der Waals surface area contributed by atoms with Crippen LogP contribution in [0.4, 0.5) is 5.69 Å². The van der Waals surface area contributed by atoms with Crippen LogP contribution in [0.1, 0.15) is 26.3 Å². The summed E-state index contributed by atoms with van der Waals surface area (Å²) in [6, 6.07) is 4.36. The van der Waals surface area contributed by atoms with E-state index < -0.39 is 16.6 Å². The average Bonchev–Trinajstić information content (AvgIpc) is 2.26. The van der Waals surface area contributed by atoms with E-state index in [1.165, 1.54) is 12.1 Å². The molecule has 0 amide bonds. The maximum atomic E-state index is 10.6. The summed E-state index contributed by atoms with van der Waals surface area (Å²) in [5.41, 5.74) is 0.278. The van der Waals surface area contributed by atoms with Crippen LogP contribution < -0.4 is 5.32 Å². The fourth-order valence-corrected chi connectivity index (χ4v) is 1.51. The zero-order chi connectivity index (χ0) is 13.9. The fourth-order valence-electron chi connectivity index (χ4n) is 1.26. The molecular formula is C12H17ClN2O3. The van der Waals surface area contributed by atoms with Gasteiger partial charge in [0.15, 0.2) is 0 Å². The highest BCUT2D eigenvalue weighted by Gasteiger charge is 2.23. The number of hydrogen-bond acceptors (Lipinski definition) is 4. The van der Waals surface area contributed by atoms with Crippen molar-refractivity contribution in [3.8, 4) is 0 Å². The van der Waals surface area contributed by atoms with Crippen molar-refractivity contribution in [1.82, 2.24) is 5.32 Å². The first-order chi connectivity index (χ1) is 8.24. The summed E-state index contributed by atoms with van der Waals surface area (Å²) in [4.78, 5) is 10.1. The molecule has 0 aliphatic carbocycles. The third-order valence-corrected chi connectivity index (χ3v) is 3.38. The van der Waals surface area contributed by atoms with Crippen molar-refractivity contribution in [2.24, 2.45) is 0 Å². The molecule has 0 aliphatic heterocycles. The third-order valence-electron chi connectivity index (χ3n) is 3.03. The molecule has 100 valence electrons. The molecule has 1 atom stereocenters. The molecular weight excluding hydrogens is 256 g/mol. The van der Waals surface area contributed by atoms with E-state index in [0.29, 0.717) is 11.6 Å². The number of rotatable bonds is 5. The molecule has 0 saturated heterocycles. The molecule has 18 heavy (non-hydrogen) atoms. The summed E-state index contributed by atoms with van der Waals surface area (Å²) in [6.07, 6.45) is -0.519. The summed E-state index contributed by atoms with van der Waals surface area (Å²) < 4.78 is 0. The fraction of sp³-hybridized carbons (Fsp3) is 0.500. The lowest BCUT2D eigenvalue weighted by molar-refractivity contribution is -0.384. The number of aliphatic hydroxyl groups is 1. The Morgan fingerprint density at radius 1 is 1.56 bits per heavy atom. The highest BCUT2D eigenvalue weighted by atomic mass is 35.5. The van der Waals surface area contributed by atoms with Gasteiger partial charge in [0.1, 0.15) is 0 Å². The average molecular weight is 273 g/mol. The van der Waals surface area contributed by atoms with Crippen molar-refractivity contribution >= 4 is 17.3 Å². The Balaban J connectivity index is 2.78. The van der Waals surface area contributed by atoms with Crippen LogP contribution in [0.5, 0.6) is 0 Å². The molecule has 0 aliphatic rings. The Labute approximate surface area is 111 Å². The zero-order valence-corrected chi connectivity index (χ0v) is 11.4. The van der Waals surface area contributed by atoms with E-state index in [9.17, 15) is 15.2 Å². The molecule has 6 heteroatoms. The first-order valence-electron chi connectivity index (χ1n) is 5.60. The maximum absolute atomic E-state index is 10.6. The van der Waals surface area contributed by atoms with E-state index >= 15 is 0 Å². The number of nitro groups is 1. The molecule has 0 saturated carbocycles. The largest absolute Gasteiger partial charge is 0.392 e. The van der Waals surface area contributed by atoms with Gasteiger partial charge < -0.3 is 10.4 Å². The van der Waals surface area contributed by atoms with Gasteiger partial charge in [-0.3, -0.25) is 10.1 Å². The highest BCUT2D eigenvalue weighted by Crippen LogP contribution is 2.23. The maximum Gasteiger partial charge on any atom is 0.270 e. The Kier molecular flexibility index (Phi) is 4.67. The van der Waals surface area contributed by atoms with Crippen LogP contribution >= 0.6 is 11.6 Å². The molecule has 1 unspecified atom stereocenters. The van der Waals surface area contributed by atoms with Crippen molar-refractivity contribution in [3.05, 3.63) is 38.9 Å². The van der Waals surface area contributed by atoms with Gasteiger partial charge in [0.2, 0.25) is 0 Å². The number of nitrogens with one attached hydrogen (secondary N) is 1. The molecule has 1 aromatic carbocycles. The minimum absolute atomic E-state index is 0.0291. The summed E-state index contributed by atoms with van der Waals surface area (Å²) in [6.45, 7) is 5.88. The lowest BCUT2D eigenvalue weighted by Gasteiger charge is -2.29. The van der Waals surface area contributed by atoms with E-state index in [1.54, 1.807) is 13.0 Å². The predicted octanol–water partition coefficient (Wildman–Crippen LogP) is 2.50. The third kappa shape index (κ3) is 3.66. The van der Waals surface area contributed by atoms with Gasteiger partial charge in [-0.1, -0.05) is 11.6 Å². The van der Waals surface area contributed by atoms with Crippen LogP contribution in [0.2, 0.25) is 5.02 Å². The first kappa shape index (κ1) is 14.9. The quantitative estimate of drug-likeness (QED) is 0.638. The van der Waals surface area contributed by atoms with Gasteiger partial charge in [-0.15, -0.1) is 0 Å². The summed E-state index contributed by atoms with van der Waals surface area (Å²) in [5, 5.41) is 23.6. The molecule has 0 spiro atoms. The molecule has 0 aromatic heterocycles. The van der Waals surface area contributed by atoms with E-state index in [-0.39, 0.29) is 5.69 Å². The van der Waals surface area contributed by atoms with Crippen LogP contribution in [0, 0.1) is 10.1 Å². The molecule has 2 N–H and O–H groups in total. The van der Waals surface area contributed by atoms with Gasteiger partial charge in [0.05, 0.1) is 16.0 Å². The second-order valence-electron chi connectivity index (χ2n) is 4.78. The van der Waals surface area contributed by atoms with Crippen molar-refractivity contribution in [1.29, 1.82) is 0 Å². The van der Waals surface area contributed by atoms with Crippen molar-refractivity contribution in [2.45, 2.75) is 39.0 Å². The molecule has 5 nitrogen and oxygen atoms in total. The van der Waals surface area contributed by atoms with Crippen LogP contribution in [-0.2, 0) is 6.54 Å². The van der Waals surface area contributed by atoms with Crippen molar-refractivity contribution in [2.75, 3.05) is 0 Å². The van der Waals surface area contributed by atoms with Gasteiger partial charge >= 0.3 is 0 Å². The second kappa shape index (κ2) is 5.65. The molecule has 0 radical (unpaired) electrons. The monoisotopic (exact) mass is 272 g/mol. The number of nitrogens with zero attached hydrogens (tertiary/aromatic N) is 1. The topological polar surface area (TPSA) is 75.4 Å². The Morgan fingerprint density at radius 2 is 2.17 bits per heavy atom. The van der Waals surface area contributed by atoms with Crippen LogP contribution in [0.3, 0.4) is 0 Å². The van der Waals surface area contributed by atoms with E-state index in [0.717, 1.165) is 5.56 Å². The lowest BCUT2D eigenvalue weighted by Crippen LogP contribution is -2.47. The summed E-state index contributed by atoms with van der Waals surface area (Å²) in [7, 11) is 0. The van der Waals surface area contributed by atoms with E-state index in [2.05, 4.69) is 5.32 Å². The smallest absolute Gasteiger partial charge is 0.270 e. The number of non-ortho nitro benzene ring substituents is 1. The normalized spacial score (nSPS) is 13.4. The Bertz CT molecular complexity index is 447. The molecule has 0 heterocycles. The number of halogens is 1. The number of aliphatic hydroxyl groups excluding tert-OH is 1. The Hall–Kier alpha value is -1.17. The minimum atomic E-state index is -0.519. The first-order valence-corrected chi connectivity index (χ1v) is 5.98. The standard InChI is InChI=1S/C12H17ClN2O3/c1-8(16)12(2,3)14-7-9-4-5-10(15(17)18)6-11(9)13/h4-6,8,14,16H,7H2,1-3H3. The zero-order valence-electron chi connectivity index (χ0n) is 10.6. The number of nitro benzene ring substituents is 1. The highest BCUT2D eigenvalue weighted by molar-refractivity contribution is 6.31. The van der Waals surface area contributed by atoms with Crippen LogP contribution in [0.25, 0.3) is 0 Å². The predicted molar refractivity (Wildman–Crippen MR) is 70.7 cm³/mol. The minimum Gasteiger partial charge on any atom is -0.392 e. The van der Waals surface area contributed by atoms with Gasteiger partial charge in [-0.2, -0.15) is 0 Å². The lowest BCUT2D eigenvalue weighted by atomic mass is 9.98. The summed E-state index contributed by atoms with van der Waals surface area (Å²) in [5.74, 6) is 0. The molecule has 1 rings (SSSR count). The van der Waals surface area contributed by atoms with Gasteiger partial charge in [0.25, 0.3) is 5.69 Å². The van der Waals surface area contributed by atoms with Gasteiger partial charge in [-0.25, -0.2) is 0 Å².